The van der Waals surface area contributed by atoms with E-state index in [4.69, 9.17) is 0 Å². The van der Waals surface area contributed by atoms with Gasteiger partial charge in [-0.3, -0.25) is 4.79 Å². The number of hydrogen-bond donors (Lipinski definition) is 1. The zero-order valence-corrected chi connectivity index (χ0v) is 11.7. The molecule has 0 radical (unpaired) electrons. The fourth-order valence-corrected chi connectivity index (χ4v) is 3.97. The van der Waals surface area contributed by atoms with Gasteiger partial charge in [-0.25, -0.2) is 8.78 Å². The molecule has 0 spiro atoms. The van der Waals surface area contributed by atoms with Gasteiger partial charge in [0.05, 0.1) is 0 Å². The molecular formula is C14H18F2O2S. The summed E-state index contributed by atoms with van der Waals surface area (Å²) in [5, 5.41) is 9.51. The Morgan fingerprint density at radius 3 is 2.47 bits per heavy atom. The van der Waals surface area contributed by atoms with Crippen LogP contribution in [0.5, 0.6) is 0 Å². The maximum atomic E-state index is 13.3. The fourth-order valence-electron chi connectivity index (χ4n) is 2.62. The van der Waals surface area contributed by atoms with Gasteiger partial charge in [0.25, 0.3) is 0 Å². The number of aryl methyl sites for hydroxylation is 1. The quantitative estimate of drug-likeness (QED) is 0.900. The zero-order chi connectivity index (χ0) is 14.1. The summed E-state index contributed by atoms with van der Waals surface area (Å²) in [6.07, 6.45) is 1.30. The number of aliphatic carboxylic acids is 1. The third-order valence-electron chi connectivity index (χ3n) is 3.87. The first-order valence-corrected chi connectivity index (χ1v) is 7.42. The average molecular weight is 288 g/mol. The lowest BCUT2D eigenvalue weighted by Crippen LogP contribution is -2.42. The van der Waals surface area contributed by atoms with E-state index in [1.165, 1.54) is 11.3 Å². The number of carboxylic acids is 1. The van der Waals surface area contributed by atoms with Gasteiger partial charge in [-0.1, -0.05) is 13.3 Å². The summed E-state index contributed by atoms with van der Waals surface area (Å²) in [4.78, 5) is 13.5. The maximum absolute atomic E-state index is 13.3. The lowest BCUT2D eigenvalue weighted by molar-refractivity contribution is -0.148. The number of carbonyl (C=O) groups is 1. The van der Waals surface area contributed by atoms with Crippen molar-refractivity contribution >= 4 is 17.3 Å². The van der Waals surface area contributed by atoms with Crippen LogP contribution in [0.3, 0.4) is 0 Å². The van der Waals surface area contributed by atoms with Crippen LogP contribution >= 0.6 is 11.3 Å². The van der Waals surface area contributed by atoms with Crippen molar-refractivity contribution in [2.75, 3.05) is 0 Å². The highest BCUT2D eigenvalue weighted by Crippen LogP contribution is 2.47. The van der Waals surface area contributed by atoms with Gasteiger partial charge in [0.15, 0.2) is 0 Å². The van der Waals surface area contributed by atoms with Crippen LogP contribution in [0.2, 0.25) is 0 Å². The van der Waals surface area contributed by atoms with E-state index in [1.54, 1.807) is 0 Å². The molecule has 1 aliphatic rings. The molecule has 1 aliphatic carbocycles. The highest BCUT2D eigenvalue weighted by atomic mass is 32.1. The molecular weight excluding hydrogens is 270 g/mol. The molecule has 1 aromatic rings. The highest BCUT2D eigenvalue weighted by molar-refractivity contribution is 7.12. The van der Waals surface area contributed by atoms with Gasteiger partial charge in [-0.05, 0) is 31.4 Å². The minimum absolute atomic E-state index is 0.0292. The molecule has 0 amide bonds. The molecule has 0 saturated heterocycles. The van der Waals surface area contributed by atoms with Gasteiger partial charge in [-0.15, -0.1) is 11.3 Å². The molecule has 0 bridgehead atoms. The summed E-state index contributed by atoms with van der Waals surface area (Å²) in [5.74, 6) is -3.67. The van der Waals surface area contributed by atoms with E-state index in [0.717, 1.165) is 22.6 Å². The number of rotatable bonds is 4. The molecule has 1 saturated carbocycles. The van der Waals surface area contributed by atoms with Crippen molar-refractivity contribution in [2.45, 2.75) is 56.8 Å². The highest BCUT2D eigenvalue weighted by Gasteiger charge is 2.49. The van der Waals surface area contributed by atoms with Gasteiger partial charge < -0.3 is 5.11 Å². The molecule has 1 N–H and O–H groups in total. The van der Waals surface area contributed by atoms with Crippen molar-refractivity contribution in [1.29, 1.82) is 0 Å². The smallest absolute Gasteiger partial charge is 0.314 e. The standard InChI is InChI=1S/C14H18F2O2S/c1-2-3-10-4-5-11(19-10)13(12(17)18)6-8-14(15,16)9-7-13/h4-5H,2-3,6-9H2,1H3,(H,17,18). The van der Waals surface area contributed by atoms with Crippen molar-refractivity contribution in [3.05, 3.63) is 21.9 Å². The second kappa shape index (κ2) is 5.19. The van der Waals surface area contributed by atoms with Crippen LogP contribution in [-0.4, -0.2) is 17.0 Å². The van der Waals surface area contributed by atoms with Crippen LogP contribution in [0.4, 0.5) is 8.78 Å². The average Bonchev–Trinajstić information content (AvgIpc) is 2.78. The molecule has 0 unspecified atom stereocenters. The fraction of sp³-hybridized carbons (Fsp3) is 0.643. The van der Waals surface area contributed by atoms with Crippen LogP contribution in [-0.2, 0) is 16.6 Å². The monoisotopic (exact) mass is 288 g/mol. The van der Waals surface area contributed by atoms with Gasteiger partial charge in [-0.2, -0.15) is 0 Å². The first kappa shape index (κ1) is 14.4. The number of thiophene rings is 1. The van der Waals surface area contributed by atoms with Crippen LogP contribution in [0, 0.1) is 0 Å². The van der Waals surface area contributed by atoms with Crippen molar-refractivity contribution in [1.82, 2.24) is 0 Å². The van der Waals surface area contributed by atoms with E-state index in [9.17, 15) is 18.7 Å². The number of halogens is 2. The zero-order valence-electron chi connectivity index (χ0n) is 10.9. The molecule has 0 atom stereocenters. The van der Waals surface area contributed by atoms with E-state index >= 15 is 0 Å². The van der Waals surface area contributed by atoms with Crippen LogP contribution in [0.15, 0.2) is 12.1 Å². The Balaban J connectivity index is 2.27. The molecule has 0 aromatic carbocycles. The number of carboxylic acid groups (broad SMARTS) is 1. The molecule has 2 rings (SSSR count). The minimum atomic E-state index is -2.71. The second-order valence-electron chi connectivity index (χ2n) is 5.26. The topological polar surface area (TPSA) is 37.3 Å². The maximum Gasteiger partial charge on any atom is 0.314 e. The summed E-state index contributed by atoms with van der Waals surface area (Å²) >= 11 is 1.47. The van der Waals surface area contributed by atoms with Crippen LogP contribution < -0.4 is 0 Å². The van der Waals surface area contributed by atoms with E-state index < -0.39 is 17.3 Å². The summed E-state index contributed by atoms with van der Waals surface area (Å²) in [6, 6.07) is 3.74. The molecule has 2 nitrogen and oxygen atoms in total. The largest absolute Gasteiger partial charge is 0.481 e. The summed E-state index contributed by atoms with van der Waals surface area (Å²) in [7, 11) is 0. The third-order valence-corrected chi connectivity index (χ3v) is 5.22. The SMILES string of the molecule is CCCc1ccc(C2(C(=O)O)CCC(F)(F)CC2)s1. The lowest BCUT2D eigenvalue weighted by atomic mass is 9.72. The Bertz CT molecular complexity index is 458. The predicted octanol–water partition coefficient (Wildman–Crippen LogP) is 4.23. The molecule has 1 heterocycles. The van der Waals surface area contributed by atoms with Gasteiger partial charge in [0, 0.05) is 22.6 Å². The first-order chi connectivity index (χ1) is 8.89. The van der Waals surface area contributed by atoms with E-state index in [-0.39, 0.29) is 25.7 Å². The normalized spacial score (nSPS) is 21.2. The third kappa shape index (κ3) is 2.81. The van der Waals surface area contributed by atoms with E-state index in [2.05, 4.69) is 6.92 Å². The summed E-state index contributed by atoms with van der Waals surface area (Å²) in [6.45, 7) is 2.06. The molecule has 5 heteroatoms. The Morgan fingerprint density at radius 2 is 1.95 bits per heavy atom. The Kier molecular flexibility index (Phi) is 3.95. The molecule has 0 aliphatic heterocycles. The van der Waals surface area contributed by atoms with Crippen LogP contribution in [0.25, 0.3) is 0 Å². The molecule has 1 aromatic heterocycles. The van der Waals surface area contributed by atoms with Crippen molar-refractivity contribution < 1.29 is 18.7 Å². The molecule has 1 fully saturated rings. The Hall–Kier alpha value is -0.970. The van der Waals surface area contributed by atoms with E-state index in [0.29, 0.717) is 0 Å². The van der Waals surface area contributed by atoms with Gasteiger partial charge >= 0.3 is 5.97 Å². The second-order valence-corrected chi connectivity index (χ2v) is 6.43. The van der Waals surface area contributed by atoms with E-state index in [1.807, 2.05) is 12.1 Å². The van der Waals surface area contributed by atoms with Crippen molar-refractivity contribution in [3.8, 4) is 0 Å². The van der Waals surface area contributed by atoms with Crippen molar-refractivity contribution in [3.63, 3.8) is 0 Å². The minimum Gasteiger partial charge on any atom is -0.481 e. The number of hydrogen-bond acceptors (Lipinski definition) is 2. The summed E-state index contributed by atoms with van der Waals surface area (Å²) < 4.78 is 26.5. The summed E-state index contributed by atoms with van der Waals surface area (Å²) in [5.41, 5.74) is -1.10. The Morgan fingerprint density at radius 1 is 1.32 bits per heavy atom. The lowest BCUT2D eigenvalue weighted by Gasteiger charge is -2.36. The van der Waals surface area contributed by atoms with Crippen LogP contribution in [0.1, 0.15) is 48.8 Å². The predicted molar refractivity (Wildman–Crippen MR) is 71.0 cm³/mol. The van der Waals surface area contributed by atoms with Crippen molar-refractivity contribution in [2.24, 2.45) is 0 Å². The molecule has 19 heavy (non-hydrogen) atoms. The Labute approximate surface area is 115 Å². The van der Waals surface area contributed by atoms with Gasteiger partial charge in [0.2, 0.25) is 5.92 Å². The number of alkyl halides is 2. The first-order valence-electron chi connectivity index (χ1n) is 6.60. The van der Waals surface area contributed by atoms with Gasteiger partial charge in [0.1, 0.15) is 5.41 Å². The molecule has 106 valence electrons.